The van der Waals surface area contributed by atoms with Crippen molar-refractivity contribution in [2.75, 3.05) is 23.7 Å². The molecule has 0 aliphatic carbocycles. The number of carbonyl (C=O) groups excluding carboxylic acids is 3. The van der Waals surface area contributed by atoms with Crippen molar-refractivity contribution < 1.29 is 28.6 Å². The van der Waals surface area contributed by atoms with Gasteiger partial charge in [0.1, 0.15) is 29.4 Å². The minimum Gasteiger partial charge on any atom is -0.489 e. The molecule has 0 atom stereocenters. The number of amides is 3. The van der Waals surface area contributed by atoms with Crippen LogP contribution in [0.3, 0.4) is 0 Å². The van der Waals surface area contributed by atoms with Crippen LogP contribution in [0.2, 0.25) is 0 Å². The number of nitrogens with one attached hydrogen (secondary N) is 3. The van der Waals surface area contributed by atoms with Gasteiger partial charge in [-0.15, -0.1) is 0 Å². The Bertz CT molecular complexity index is 1370. The van der Waals surface area contributed by atoms with Gasteiger partial charge < -0.3 is 35.9 Å². The Morgan fingerprint density at radius 3 is 2.39 bits per heavy atom. The maximum atomic E-state index is 12.5. The van der Waals surface area contributed by atoms with Gasteiger partial charge in [-0.25, -0.2) is 19.4 Å². The monoisotopic (exact) mass is 516 g/mol. The van der Waals surface area contributed by atoms with Crippen molar-refractivity contribution in [3.05, 3.63) is 72.1 Å². The second-order valence-corrected chi connectivity index (χ2v) is 8.18. The highest BCUT2D eigenvalue weighted by Gasteiger charge is 2.17. The zero-order valence-corrected chi connectivity index (χ0v) is 20.1. The molecule has 2 aromatic carbocycles. The van der Waals surface area contributed by atoms with Gasteiger partial charge in [0.05, 0.1) is 5.56 Å². The van der Waals surface area contributed by atoms with Gasteiger partial charge in [-0.2, -0.15) is 5.26 Å². The average molecular weight is 517 g/mol. The number of benzene rings is 2. The summed E-state index contributed by atoms with van der Waals surface area (Å²) in [7, 11) is 0. The van der Waals surface area contributed by atoms with Crippen molar-refractivity contribution in [2.24, 2.45) is 5.73 Å². The number of carbonyl (C=O) groups is 3. The fraction of sp³-hybridized carbons (Fsp3) is 0.192. The fourth-order valence-corrected chi connectivity index (χ4v) is 3.66. The van der Waals surface area contributed by atoms with E-state index in [-0.39, 0.29) is 17.5 Å². The van der Waals surface area contributed by atoms with Crippen molar-refractivity contribution in [1.82, 2.24) is 10.3 Å². The van der Waals surface area contributed by atoms with Crippen LogP contribution in [0.5, 0.6) is 17.2 Å². The minimum atomic E-state index is -1.24. The van der Waals surface area contributed by atoms with E-state index in [4.69, 9.17) is 15.2 Å². The third-order valence-corrected chi connectivity index (χ3v) is 5.42. The number of anilines is 2. The molecule has 12 heteroatoms. The van der Waals surface area contributed by atoms with Gasteiger partial charge in [-0.05, 0) is 74.5 Å². The second kappa shape index (κ2) is 12.2. The maximum Gasteiger partial charge on any atom is 0.412 e. The van der Waals surface area contributed by atoms with Crippen molar-refractivity contribution in [1.29, 1.82) is 5.26 Å². The first-order valence-corrected chi connectivity index (χ1v) is 11.6. The van der Waals surface area contributed by atoms with Crippen molar-refractivity contribution in [3.8, 4) is 23.3 Å². The van der Waals surface area contributed by atoms with Crippen LogP contribution < -0.4 is 31.2 Å². The van der Waals surface area contributed by atoms with E-state index >= 15 is 0 Å². The number of nitrogens with two attached hydrogens (primary N) is 1. The molecule has 4 rings (SSSR count). The molecule has 3 aromatic rings. The van der Waals surface area contributed by atoms with Crippen LogP contribution in [-0.4, -0.2) is 42.3 Å². The van der Waals surface area contributed by atoms with Crippen LogP contribution in [0.1, 0.15) is 28.9 Å². The lowest BCUT2D eigenvalue weighted by molar-refractivity contribution is 0.0631. The lowest BCUT2D eigenvalue weighted by atomic mass is 10.1. The Hall–Kier alpha value is -5.15. The van der Waals surface area contributed by atoms with E-state index in [1.807, 2.05) is 0 Å². The first-order chi connectivity index (χ1) is 18.4. The van der Waals surface area contributed by atoms with Crippen LogP contribution in [-0.2, 0) is 4.74 Å². The summed E-state index contributed by atoms with van der Waals surface area (Å²) in [4.78, 5) is 38.8. The molecular formula is C26H24N6O6. The predicted octanol–water partition coefficient (Wildman–Crippen LogP) is 3.76. The minimum absolute atomic E-state index is 0.0522. The molecule has 12 nitrogen and oxygen atoms in total. The third-order valence-electron chi connectivity index (χ3n) is 5.42. The molecule has 0 spiro atoms. The van der Waals surface area contributed by atoms with E-state index in [9.17, 15) is 19.6 Å². The Kier molecular flexibility index (Phi) is 8.32. The molecule has 1 aromatic heterocycles. The number of urea groups is 1. The Balaban J connectivity index is 1.32. The Morgan fingerprint density at radius 2 is 1.68 bits per heavy atom. The van der Waals surface area contributed by atoms with Crippen LogP contribution in [0.4, 0.5) is 21.0 Å². The molecule has 2 heterocycles. The standard InChI is InChI=1S/C26H24N6O6/c27-15-16-13-18(3-6-23(16)37-20-7-10-29-11-8-20)32-26(35)31-17-1-4-19(5-2-17)36-21-9-12-30-22(14-21)24(33)38-25(28)34/h1-6,9,12-14,20,29H,7-8,10-11H2,(H2,28,34)(H2,31,32,35). The molecule has 0 unspecified atom stereocenters. The number of hydrogen-bond acceptors (Lipinski definition) is 9. The lowest BCUT2D eigenvalue weighted by Gasteiger charge is -2.24. The Morgan fingerprint density at radius 1 is 0.974 bits per heavy atom. The summed E-state index contributed by atoms with van der Waals surface area (Å²) in [5.41, 5.74) is 5.96. The number of hydrogen-bond donors (Lipinski definition) is 4. The number of aromatic nitrogens is 1. The molecule has 194 valence electrons. The number of ether oxygens (including phenoxy) is 3. The number of rotatable bonds is 7. The molecule has 1 fully saturated rings. The molecular weight excluding hydrogens is 492 g/mol. The number of nitrogens with zero attached hydrogens (tertiary/aromatic N) is 2. The molecule has 0 bridgehead atoms. The first kappa shape index (κ1) is 25.9. The van der Waals surface area contributed by atoms with Gasteiger partial charge in [0.2, 0.25) is 0 Å². The first-order valence-electron chi connectivity index (χ1n) is 11.6. The number of nitriles is 1. The van der Waals surface area contributed by atoms with E-state index in [2.05, 4.69) is 31.7 Å². The molecule has 1 aliphatic rings. The number of pyridine rings is 1. The number of piperidine rings is 1. The molecule has 1 aliphatic heterocycles. The summed E-state index contributed by atoms with van der Waals surface area (Å²) >= 11 is 0. The molecule has 38 heavy (non-hydrogen) atoms. The molecule has 3 amide bonds. The second-order valence-electron chi connectivity index (χ2n) is 8.18. The highest BCUT2D eigenvalue weighted by Crippen LogP contribution is 2.26. The van der Waals surface area contributed by atoms with Gasteiger partial charge in [0.15, 0.2) is 5.69 Å². The predicted molar refractivity (Wildman–Crippen MR) is 136 cm³/mol. The maximum absolute atomic E-state index is 12.5. The van der Waals surface area contributed by atoms with E-state index in [0.717, 1.165) is 25.9 Å². The SMILES string of the molecule is N#Cc1cc(NC(=O)Nc2ccc(Oc3ccnc(C(=O)OC(N)=O)c3)cc2)ccc1OC1CCNCC1. The third kappa shape index (κ3) is 7.19. The molecule has 0 saturated carbocycles. The quantitative estimate of drug-likeness (QED) is 0.269. The van der Waals surface area contributed by atoms with Crippen LogP contribution in [0.15, 0.2) is 60.8 Å². The summed E-state index contributed by atoms with van der Waals surface area (Å²) < 4.78 is 16.0. The molecule has 0 radical (unpaired) electrons. The van der Waals surface area contributed by atoms with E-state index < -0.39 is 18.1 Å². The highest BCUT2D eigenvalue weighted by atomic mass is 16.6. The molecule has 1 saturated heterocycles. The Labute approximate surface area is 217 Å². The van der Waals surface area contributed by atoms with Gasteiger partial charge >= 0.3 is 18.1 Å². The van der Waals surface area contributed by atoms with Crippen LogP contribution >= 0.6 is 0 Å². The summed E-state index contributed by atoms with van der Waals surface area (Å²) in [6, 6.07) is 15.8. The van der Waals surface area contributed by atoms with E-state index in [1.165, 1.54) is 18.3 Å². The average Bonchev–Trinajstić information content (AvgIpc) is 2.91. The zero-order valence-electron chi connectivity index (χ0n) is 20.1. The lowest BCUT2D eigenvalue weighted by Crippen LogP contribution is -2.34. The van der Waals surface area contributed by atoms with Gasteiger partial charge in [-0.3, -0.25) is 0 Å². The van der Waals surface area contributed by atoms with Gasteiger partial charge in [-0.1, -0.05) is 0 Å². The highest BCUT2D eigenvalue weighted by molar-refractivity contribution is 6.00. The van der Waals surface area contributed by atoms with Gasteiger partial charge in [0.25, 0.3) is 0 Å². The fourth-order valence-electron chi connectivity index (χ4n) is 3.66. The topological polar surface area (TPSA) is 178 Å². The van der Waals surface area contributed by atoms with E-state index in [0.29, 0.717) is 28.4 Å². The summed E-state index contributed by atoms with van der Waals surface area (Å²) in [5.74, 6) is 0.182. The number of primary amides is 1. The van der Waals surface area contributed by atoms with Crippen molar-refractivity contribution >= 4 is 29.5 Å². The van der Waals surface area contributed by atoms with Gasteiger partial charge in [0, 0.05) is 23.6 Å². The summed E-state index contributed by atoms with van der Waals surface area (Å²) in [6.45, 7) is 1.75. The normalized spacial score (nSPS) is 13.0. The zero-order chi connectivity index (χ0) is 26.9. The van der Waals surface area contributed by atoms with Crippen LogP contribution in [0, 0.1) is 11.3 Å². The smallest absolute Gasteiger partial charge is 0.412 e. The number of esters is 1. The van der Waals surface area contributed by atoms with Crippen molar-refractivity contribution in [2.45, 2.75) is 18.9 Å². The van der Waals surface area contributed by atoms with Crippen LogP contribution in [0.25, 0.3) is 0 Å². The van der Waals surface area contributed by atoms with Crippen molar-refractivity contribution in [3.63, 3.8) is 0 Å². The molecule has 5 N–H and O–H groups in total. The summed E-state index contributed by atoms with van der Waals surface area (Å²) in [5, 5.41) is 18.2. The largest absolute Gasteiger partial charge is 0.489 e. The summed E-state index contributed by atoms with van der Waals surface area (Å²) in [6.07, 6.45) is 1.87. The van der Waals surface area contributed by atoms with E-state index in [1.54, 1.807) is 42.5 Å².